The Morgan fingerprint density at radius 3 is 2.53 bits per heavy atom. The molecule has 7 heteroatoms. The van der Waals surface area contributed by atoms with Gasteiger partial charge in [-0.25, -0.2) is 9.07 Å². The molecule has 1 heterocycles. The van der Waals surface area contributed by atoms with Crippen LogP contribution in [0.1, 0.15) is 82.8 Å². The number of halogens is 1. The first-order valence-corrected chi connectivity index (χ1v) is 14.6. The summed E-state index contributed by atoms with van der Waals surface area (Å²) in [5.74, 6) is -0.274. The molecule has 38 heavy (non-hydrogen) atoms. The first-order valence-electron chi connectivity index (χ1n) is 13.4. The lowest BCUT2D eigenvalue weighted by Crippen LogP contribution is -2.40. The Kier molecular flexibility index (Phi) is 8.52. The molecule has 2 unspecified atom stereocenters. The van der Waals surface area contributed by atoms with Crippen molar-refractivity contribution in [1.82, 2.24) is 14.5 Å². The number of hydrogen-bond acceptors (Lipinski definition) is 4. The summed E-state index contributed by atoms with van der Waals surface area (Å²) in [5, 5.41) is 16.2. The zero-order valence-electron chi connectivity index (χ0n) is 23.3. The van der Waals surface area contributed by atoms with Crippen LogP contribution in [-0.4, -0.2) is 30.3 Å². The number of aryl methyl sites for hydroxylation is 1. The van der Waals surface area contributed by atoms with Crippen molar-refractivity contribution < 1.29 is 14.0 Å². The molecule has 4 atom stereocenters. The van der Waals surface area contributed by atoms with E-state index in [9.17, 15) is 14.0 Å². The Morgan fingerprint density at radius 1 is 1.18 bits per heavy atom. The molecule has 1 aromatic heterocycles. The van der Waals surface area contributed by atoms with Crippen molar-refractivity contribution >= 4 is 17.4 Å². The molecule has 5 nitrogen and oxygen atoms in total. The van der Waals surface area contributed by atoms with Crippen LogP contribution in [0.4, 0.5) is 4.39 Å². The summed E-state index contributed by atoms with van der Waals surface area (Å²) in [6.45, 7) is 12.2. The minimum atomic E-state index is -1.17. The lowest BCUT2D eigenvalue weighted by Gasteiger charge is -2.39. The third kappa shape index (κ3) is 5.91. The standard InChI is InChI=1S/C31H40FN3O2S/c1-7-24-18-28-23(20-33-35(28)26-15-13-25(32)14-16-26)19-31(24,6)29(36)17-12-22-10-8-9-11-27(22)21(2)34-38(37)30(3,4)5/h8-11,13-16,18,20-21,29,34,36H,7,12,17,19H2,1-6H3/t21-,29-,31?,38?/m1/s1. The van der Waals surface area contributed by atoms with Crippen LogP contribution in [-0.2, 0) is 24.2 Å². The first kappa shape index (κ1) is 28.6. The van der Waals surface area contributed by atoms with Crippen molar-refractivity contribution in [2.24, 2.45) is 5.41 Å². The molecule has 0 saturated carbocycles. The van der Waals surface area contributed by atoms with Gasteiger partial charge in [0.1, 0.15) is 10.6 Å². The lowest BCUT2D eigenvalue weighted by atomic mass is 9.67. The Bertz CT molecular complexity index is 1280. The maximum absolute atomic E-state index is 13.5. The summed E-state index contributed by atoms with van der Waals surface area (Å²) >= 11 is -1.17. The molecule has 204 valence electrons. The van der Waals surface area contributed by atoms with Crippen molar-refractivity contribution in [3.63, 3.8) is 0 Å². The number of nitrogens with zero attached hydrogens (tertiary/aromatic N) is 2. The van der Waals surface area contributed by atoms with Gasteiger partial charge in [-0.15, -0.1) is 4.72 Å². The molecule has 2 N–H and O–H groups in total. The van der Waals surface area contributed by atoms with Crippen molar-refractivity contribution in [2.45, 2.75) is 84.1 Å². The van der Waals surface area contributed by atoms with Gasteiger partial charge in [0.25, 0.3) is 0 Å². The lowest BCUT2D eigenvalue weighted by molar-refractivity contribution is 0.0531. The van der Waals surface area contributed by atoms with E-state index >= 15 is 0 Å². The topological polar surface area (TPSA) is 73.1 Å². The van der Waals surface area contributed by atoms with Crippen molar-refractivity contribution in [1.29, 1.82) is 0 Å². The fourth-order valence-electron chi connectivity index (χ4n) is 5.34. The highest BCUT2D eigenvalue weighted by atomic mass is 32.2. The molecule has 2 aromatic carbocycles. The summed E-state index contributed by atoms with van der Waals surface area (Å²) in [6, 6.07) is 14.5. The molecule has 0 bridgehead atoms. The van der Waals surface area contributed by atoms with Gasteiger partial charge in [0.2, 0.25) is 0 Å². The van der Waals surface area contributed by atoms with Crippen LogP contribution in [0.25, 0.3) is 11.8 Å². The SMILES string of the molecule is CCC1=Cc2c(cnn2-c2ccc(F)cc2)CC1(C)[C@H](O)CCc1ccccc1[C@@H](C)N[S+]([O-])C(C)(C)C. The average Bonchev–Trinajstić information content (AvgIpc) is 3.28. The minimum absolute atomic E-state index is 0.0698. The van der Waals surface area contributed by atoms with E-state index < -0.39 is 22.9 Å². The van der Waals surface area contributed by atoms with Gasteiger partial charge < -0.3 is 9.66 Å². The molecule has 0 radical (unpaired) electrons. The van der Waals surface area contributed by atoms with Gasteiger partial charge >= 0.3 is 0 Å². The van der Waals surface area contributed by atoms with Gasteiger partial charge in [0.05, 0.1) is 29.7 Å². The average molecular weight is 538 g/mol. The van der Waals surface area contributed by atoms with E-state index in [1.165, 1.54) is 17.7 Å². The van der Waals surface area contributed by atoms with Crippen molar-refractivity contribution in [3.8, 4) is 5.69 Å². The van der Waals surface area contributed by atoms with Gasteiger partial charge in [-0.05, 0) is 100 Å². The summed E-state index contributed by atoms with van der Waals surface area (Å²) in [7, 11) is 0. The summed E-state index contributed by atoms with van der Waals surface area (Å²) < 4.78 is 30.9. The van der Waals surface area contributed by atoms with Crippen LogP contribution in [0.2, 0.25) is 0 Å². The number of aliphatic hydroxyl groups is 1. The highest BCUT2D eigenvalue weighted by Crippen LogP contribution is 2.44. The fraction of sp³-hybridized carbons (Fsp3) is 0.452. The Labute approximate surface area is 229 Å². The number of nitrogens with one attached hydrogen (secondary N) is 1. The maximum atomic E-state index is 13.5. The van der Waals surface area contributed by atoms with Gasteiger partial charge in [-0.3, -0.25) is 0 Å². The van der Waals surface area contributed by atoms with Crippen LogP contribution in [0.3, 0.4) is 0 Å². The molecular weight excluding hydrogens is 497 g/mol. The summed E-state index contributed by atoms with van der Waals surface area (Å²) in [6.07, 6.45) is 6.31. The number of fused-ring (bicyclic) bond motifs is 1. The molecular formula is C31H40FN3O2S. The highest BCUT2D eigenvalue weighted by Gasteiger charge is 2.40. The molecule has 1 aliphatic carbocycles. The molecule has 1 aliphatic rings. The number of hydrogen-bond donors (Lipinski definition) is 2. The largest absolute Gasteiger partial charge is 0.598 e. The van der Waals surface area contributed by atoms with E-state index in [0.29, 0.717) is 12.8 Å². The highest BCUT2D eigenvalue weighted by molar-refractivity contribution is 7.90. The molecule has 3 aromatic rings. The van der Waals surface area contributed by atoms with Crippen molar-refractivity contribution in [2.75, 3.05) is 0 Å². The normalized spacial score (nSPS) is 20.0. The van der Waals surface area contributed by atoms with E-state index in [4.69, 9.17) is 0 Å². The second-order valence-electron chi connectivity index (χ2n) is 11.5. The van der Waals surface area contributed by atoms with Gasteiger partial charge in [-0.2, -0.15) is 5.10 Å². The van der Waals surface area contributed by atoms with Crippen LogP contribution in [0, 0.1) is 11.2 Å². The zero-order chi connectivity index (χ0) is 27.7. The Morgan fingerprint density at radius 2 is 1.87 bits per heavy atom. The maximum Gasteiger partial charge on any atom is 0.136 e. The predicted molar refractivity (Wildman–Crippen MR) is 154 cm³/mol. The van der Waals surface area contributed by atoms with Crippen LogP contribution in [0.15, 0.2) is 60.3 Å². The van der Waals surface area contributed by atoms with Crippen molar-refractivity contribution in [3.05, 3.63) is 88.5 Å². The number of aromatic nitrogens is 2. The van der Waals surface area contributed by atoms with Gasteiger partial charge in [0, 0.05) is 16.8 Å². The van der Waals surface area contributed by atoms with Gasteiger partial charge in [0.15, 0.2) is 0 Å². The minimum Gasteiger partial charge on any atom is -0.598 e. The quantitative estimate of drug-likeness (QED) is 0.307. The Balaban J connectivity index is 1.52. The van der Waals surface area contributed by atoms with E-state index in [-0.39, 0.29) is 16.6 Å². The molecule has 4 rings (SSSR count). The zero-order valence-corrected chi connectivity index (χ0v) is 24.1. The summed E-state index contributed by atoms with van der Waals surface area (Å²) in [5.41, 5.74) is 5.93. The monoisotopic (exact) mass is 537 g/mol. The van der Waals surface area contributed by atoms with E-state index in [1.54, 1.807) is 12.1 Å². The van der Waals surface area contributed by atoms with Crippen LogP contribution >= 0.6 is 0 Å². The third-order valence-electron chi connectivity index (χ3n) is 7.72. The number of rotatable bonds is 9. The summed E-state index contributed by atoms with van der Waals surface area (Å²) in [4.78, 5) is 0. The second kappa shape index (κ2) is 11.3. The second-order valence-corrected chi connectivity index (χ2v) is 13.5. The third-order valence-corrected chi connectivity index (χ3v) is 9.40. The first-order chi connectivity index (χ1) is 17.9. The fourth-order valence-corrected chi connectivity index (χ4v) is 6.14. The Hall–Kier alpha value is -2.45. The number of aliphatic hydroxyl groups excluding tert-OH is 1. The van der Waals surface area contributed by atoms with E-state index in [0.717, 1.165) is 40.9 Å². The molecule has 0 spiro atoms. The predicted octanol–water partition coefficient (Wildman–Crippen LogP) is 6.47. The van der Waals surface area contributed by atoms with E-state index in [2.05, 4.69) is 41.9 Å². The molecule has 0 fully saturated rings. The molecule has 0 saturated heterocycles. The van der Waals surface area contributed by atoms with Crippen LogP contribution < -0.4 is 4.72 Å². The van der Waals surface area contributed by atoms with E-state index in [1.807, 2.05) is 50.7 Å². The number of benzene rings is 2. The smallest absolute Gasteiger partial charge is 0.136 e. The van der Waals surface area contributed by atoms with Crippen LogP contribution in [0.5, 0.6) is 0 Å². The van der Waals surface area contributed by atoms with Gasteiger partial charge in [-0.1, -0.05) is 43.7 Å². The molecule has 0 amide bonds. The molecule has 0 aliphatic heterocycles.